The van der Waals surface area contributed by atoms with Crippen LogP contribution >= 0.6 is 0 Å². The summed E-state index contributed by atoms with van der Waals surface area (Å²) in [6.07, 6.45) is 0. The summed E-state index contributed by atoms with van der Waals surface area (Å²) < 4.78 is 0. The Kier molecular flexibility index (Phi) is 8.66. The Morgan fingerprint density at radius 3 is 1.21 bits per heavy atom. The molecule has 0 N–H and O–H groups in total. The van der Waals surface area contributed by atoms with Gasteiger partial charge in [0, 0.05) is 11.1 Å². The lowest BCUT2D eigenvalue weighted by molar-refractivity contribution is 1.20. The SMILES string of the molecule is C[Si]1(C)c2ccccc2-c2nc(-c3cccc(-c4cccc(-c5ccc(-c6ccccc6)cc5)c4)c3)nc(-c3cccc(-c4cccc(-c5ccccc5)c4)c3)c21. The fourth-order valence-electron chi connectivity index (χ4n) is 8.51. The van der Waals surface area contributed by atoms with Crippen molar-refractivity contribution >= 4 is 18.4 Å². The first-order valence-corrected chi connectivity index (χ1v) is 22.6. The molecule has 3 heteroatoms. The molecule has 0 bridgehead atoms. The van der Waals surface area contributed by atoms with Crippen molar-refractivity contribution in [3.8, 4) is 89.5 Å². The zero-order chi connectivity index (χ0) is 38.3. The van der Waals surface area contributed by atoms with Crippen LogP contribution in [0.25, 0.3) is 89.5 Å². The highest BCUT2D eigenvalue weighted by Gasteiger charge is 2.41. The van der Waals surface area contributed by atoms with Crippen LogP contribution < -0.4 is 10.4 Å². The van der Waals surface area contributed by atoms with E-state index >= 15 is 0 Å². The minimum atomic E-state index is -2.13. The highest BCUT2D eigenvalue weighted by atomic mass is 28.3. The van der Waals surface area contributed by atoms with E-state index in [1.54, 1.807) is 0 Å². The van der Waals surface area contributed by atoms with E-state index in [0.717, 1.165) is 39.5 Å². The van der Waals surface area contributed by atoms with E-state index in [0.29, 0.717) is 0 Å². The molecule has 1 aromatic heterocycles. The maximum Gasteiger partial charge on any atom is 0.160 e. The summed E-state index contributed by atoms with van der Waals surface area (Å²) in [5, 5.41) is 2.73. The van der Waals surface area contributed by atoms with Crippen molar-refractivity contribution in [2.45, 2.75) is 13.1 Å². The van der Waals surface area contributed by atoms with Crippen molar-refractivity contribution < 1.29 is 0 Å². The number of hydrogen-bond acceptors (Lipinski definition) is 2. The molecule has 8 aromatic carbocycles. The Bertz CT molecular complexity index is 2910. The van der Waals surface area contributed by atoms with E-state index in [9.17, 15) is 0 Å². The van der Waals surface area contributed by atoms with Crippen LogP contribution in [0.1, 0.15) is 0 Å². The molecule has 0 aliphatic carbocycles. The molecule has 1 aliphatic heterocycles. The molecule has 270 valence electrons. The summed E-state index contributed by atoms with van der Waals surface area (Å²) in [5.74, 6) is 0.747. The van der Waals surface area contributed by atoms with Crippen LogP contribution in [0, 0.1) is 0 Å². The van der Waals surface area contributed by atoms with Crippen LogP contribution in [0.5, 0.6) is 0 Å². The zero-order valence-corrected chi connectivity index (χ0v) is 33.0. The van der Waals surface area contributed by atoms with Crippen molar-refractivity contribution in [1.82, 2.24) is 9.97 Å². The van der Waals surface area contributed by atoms with Gasteiger partial charge in [-0.25, -0.2) is 9.97 Å². The standard InChI is InChI=1S/C54H40N2Si/c1-57(2)50-28-10-9-27-49(50)52-53(57)51(47-25-13-23-45(35-47)43-21-11-19-41(33-43)38-17-7-4-8-18-38)55-54(56-52)48-26-14-24-46(36-48)44-22-12-20-42(34-44)40-31-29-39(30-32-40)37-15-5-3-6-16-37/h3-36H,1-2H3. The number of nitrogens with zero attached hydrogens (tertiary/aromatic N) is 2. The fraction of sp³-hybridized carbons (Fsp3) is 0.0370. The Morgan fingerprint density at radius 2 is 0.649 bits per heavy atom. The third-order valence-electron chi connectivity index (χ3n) is 11.5. The second-order valence-electron chi connectivity index (χ2n) is 15.4. The smallest absolute Gasteiger partial charge is 0.160 e. The van der Waals surface area contributed by atoms with Crippen molar-refractivity contribution in [1.29, 1.82) is 0 Å². The predicted molar refractivity (Wildman–Crippen MR) is 242 cm³/mol. The lowest BCUT2D eigenvalue weighted by atomic mass is 9.96. The van der Waals surface area contributed by atoms with Gasteiger partial charge in [-0.2, -0.15) is 0 Å². The van der Waals surface area contributed by atoms with Crippen LogP contribution in [-0.4, -0.2) is 18.0 Å². The van der Waals surface area contributed by atoms with E-state index in [-0.39, 0.29) is 0 Å². The molecule has 0 saturated carbocycles. The number of rotatable bonds is 7. The molecular weight excluding hydrogens is 705 g/mol. The van der Waals surface area contributed by atoms with Gasteiger partial charge in [-0.15, -0.1) is 0 Å². The fourth-order valence-corrected chi connectivity index (χ4v) is 11.7. The number of hydrogen-bond donors (Lipinski definition) is 0. The average Bonchev–Trinajstić information content (AvgIpc) is 3.52. The number of fused-ring (bicyclic) bond motifs is 3. The van der Waals surface area contributed by atoms with Crippen LogP contribution in [-0.2, 0) is 0 Å². The van der Waals surface area contributed by atoms with Gasteiger partial charge < -0.3 is 0 Å². The summed E-state index contributed by atoms with van der Waals surface area (Å²) in [6.45, 7) is 4.89. The molecule has 9 aromatic rings. The van der Waals surface area contributed by atoms with Crippen molar-refractivity contribution in [2.24, 2.45) is 0 Å². The highest BCUT2D eigenvalue weighted by molar-refractivity contribution is 7.04. The van der Waals surface area contributed by atoms with Crippen LogP contribution in [0.3, 0.4) is 0 Å². The second-order valence-corrected chi connectivity index (χ2v) is 19.7. The summed E-state index contributed by atoms with van der Waals surface area (Å²) in [5.41, 5.74) is 17.4. The molecule has 0 fully saturated rings. The third-order valence-corrected chi connectivity index (χ3v) is 15.0. The summed E-state index contributed by atoms with van der Waals surface area (Å²) in [6, 6.07) is 74.1. The normalized spacial score (nSPS) is 12.5. The first-order chi connectivity index (χ1) is 28.0. The summed E-state index contributed by atoms with van der Waals surface area (Å²) >= 11 is 0. The Labute approximate surface area is 335 Å². The average molecular weight is 745 g/mol. The Balaban J connectivity index is 1.06. The van der Waals surface area contributed by atoms with E-state index in [2.05, 4.69) is 219 Å². The Morgan fingerprint density at radius 1 is 0.298 bits per heavy atom. The van der Waals surface area contributed by atoms with E-state index in [1.165, 1.54) is 60.4 Å². The molecule has 0 unspecified atom stereocenters. The van der Waals surface area contributed by atoms with Crippen LogP contribution in [0.4, 0.5) is 0 Å². The minimum absolute atomic E-state index is 0.747. The molecule has 2 heterocycles. The molecule has 0 spiro atoms. The molecular formula is C54H40N2Si. The van der Waals surface area contributed by atoms with Gasteiger partial charge in [-0.3, -0.25) is 0 Å². The van der Waals surface area contributed by atoms with Crippen LogP contribution in [0.2, 0.25) is 13.1 Å². The molecule has 57 heavy (non-hydrogen) atoms. The Hall–Kier alpha value is -6.94. The van der Waals surface area contributed by atoms with Gasteiger partial charge in [0.25, 0.3) is 0 Å². The number of benzene rings is 8. The molecule has 1 aliphatic rings. The maximum atomic E-state index is 5.52. The predicted octanol–water partition coefficient (Wildman–Crippen LogP) is 12.9. The molecule has 0 radical (unpaired) electrons. The van der Waals surface area contributed by atoms with Crippen molar-refractivity contribution in [3.05, 3.63) is 206 Å². The molecule has 0 saturated heterocycles. The molecule has 10 rings (SSSR count). The van der Waals surface area contributed by atoms with E-state index < -0.39 is 8.07 Å². The van der Waals surface area contributed by atoms with Crippen molar-refractivity contribution in [3.63, 3.8) is 0 Å². The summed E-state index contributed by atoms with van der Waals surface area (Å²) in [7, 11) is -2.13. The maximum absolute atomic E-state index is 5.52. The largest absolute Gasteiger partial charge is 0.228 e. The van der Waals surface area contributed by atoms with Gasteiger partial charge in [-0.1, -0.05) is 195 Å². The lowest BCUT2D eigenvalue weighted by Gasteiger charge is -2.22. The zero-order valence-electron chi connectivity index (χ0n) is 32.0. The van der Waals surface area contributed by atoms with E-state index in [1.807, 2.05) is 0 Å². The van der Waals surface area contributed by atoms with Gasteiger partial charge in [-0.05, 0) is 95.8 Å². The second kappa shape index (κ2) is 14.3. The van der Waals surface area contributed by atoms with E-state index in [4.69, 9.17) is 9.97 Å². The molecule has 0 atom stereocenters. The molecule has 2 nitrogen and oxygen atoms in total. The van der Waals surface area contributed by atoms with Gasteiger partial charge in [0.05, 0.1) is 11.4 Å². The first-order valence-electron chi connectivity index (χ1n) is 19.6. The third kappa shape index (κ3) is 6.42. The van der Waals surface area contributed by atoms with Gasteiger partial charge in [0.1, 0.15) is 8.07 Å². The minimum Gasteiger partial charge on any atom is -0.228 e. The van der Waals surface area contributed by atoms with Gasteiger partial charge >= 0.3 is 0 Å². The number of aromatic nitrogens is 2. The van der Waals surface area contributed by atoms with Gasteiger partial charge in [0.2, 0.25) is 0 Å². The topological polar surface area (TPSA) is 25.8 Å². The molecule has 0 amide bonds. The highest BCUT2D eigenvalue weighted by Crippen LogP contribution is 2.37. The first kappa shape index (κ1) is 34.5. The van der Waals surface area contributed by atoms with Crippen LogP contribution in [0.15, 0.2) is 206 Å². The van der Waals surface area contributed by atoms with Crippen molar-refractivity contribution in [2.75, 3.05) is 0 Å². The summed E-state index contributed by atoms with van der Waals surface area (Å²) in [4.78, 5) is 10.9. The monoisotopic (exact) mass is 744 g/mol. The lowest BCUT2D eigenvalue weighted by Crippen LogP contribution is -2.50. The van der Waals surface area contributed by atoms with Gasteiger partial charge in [0.15, 0.2) is 5.82 Å². The quantitative estimate of drug-likeness (QED) is 0.152.